The van der Waals surface area contributed by atoms with E-state index in [2.05, 4.69) is 11.1 Å². The Kier molecular flexibility index (Phi) is 3.88. The molecule has 1 aromatic heterocycles. The molecular weight excluding hydrogens is 282 g/mol. The number of para-hydroxylation sites is 1. The molecule has 3 aromatic rings. The fourth-order valence-corrected chi connectivity index (χ4v) is 3.04. The van der Waals surface area contributed by atoms with Gasteiger partial charge in [0.05, 0.1) is 11.1 Å². The molecule has 4 heteroatoms. The third kappa shape index (κ3) is 3.06. The Bertz CT molecular complexity index is 779. The van der Waals surface area contributed by atoms with Crippen molar-refractivity contribution in [3.63, 3.8) is 0 Å². The Hall–Kier alpha value is -2.33. The van der Waals surface area contributed by atoms with E-state index in [9.17, 15) is 4.79 Å². The molecule has 0 unspecified atom stereocenters. The van der Waals surface area contributed by atoms with Crippen LogP contribution < -0.4 is 0 Å². The first-order valence-corrected chi connectivity index (χ1v) is 7.51. The van der Waals surface area contributed by atoms with Crippen LogP contribution in [0.3, 0.4) is 0 Å². The topological polar surface area (TPSA) is 50.2 Å². The van der Waals surface area contributed by atoms with E-state index in [1.165, 1.54) is 5.56 Å². The van der Waals surface area contributed by atoms with Gasteiger partial charge in [0.15, 0.2) is 0 Å². The van der Waals surface area contributed by atoms with Gasteiger partial charge in [-0.25, -0.2) is 4.79 Å². The molecular formula is C17H13NO2S. The summed E-state index contributed by atoms with van der Waals surface area (Å²) in [5.41, 5.74) is 2.54. The normalized spacial score (nSPS) is 10.7. The smallest absolute Gasteiger partial charge is 0.335 e. The summed E-state index contributed by atoms with van der Waals surface area (Å²) in [7, 11) is 0. The third-order valence-corrected chi connectivity index (χ3v) is 4.30. The number of nitrogens with zero attached hydrogens (tertiary/aromatic N) is 1. The van der Waals surface area contributed by atoms with Crippen molar-refractivity contribution in [2.24, 2.45) is 0 Å². The van der Waals surface area contributed by atoms with Gasteiger partial charge in [-0.1, -0.05) is 18.2 Å². The van der Waals surface area contributed by atoms with Crippen LogP contribution >= 0.6 is 11.8 Å². The quantitative estimate of drug-likeness (QED) is 0.732. The number of thioether (sulfide) groups is 1. The number of hydrogen-bond acceptors (Lipinski definition) is 3. The minimum absolute atomic E-state index is 0.314. The Labute approximate surface area is 126 Å². The fraction of sp³-hybridized carbons (Fsp3) is 0.0588. The molecule has 0 aliphatic carbocycles. The summed E-state index contributed by atoms with van der Waals surface area (Å²) in [5.74, 6) is -0.0678. The van der Waals surface area contributed by atoms with Gasteiger partial charge in [-0.3, -0.25) is 4.98 Å². The maximum atomic E-state index is 10.8. The summed E-state index contributed by atoms with van der Waals surface area (Å²) in [5, 5.41) is 10.0. The number of aromatic carboxylic acids is 1. The molecule has 2 aromatic carbocycles. The van der Waals surface area contributed by atoms with Gasteiger partial charge in [0.2, 0.25) is 0 Å². The van der Waals surface area contributed by atoms with E-state index in [4.69, 9.17) is 5.11 Å². The summed E-state index contributed by atoms with van der Waals surface area (Å²) in [4.78, 5) is 16.2. The van der Waals surface area contributed by atoms with Crippen molar-refractivity contribution in [1.29, 1.82) is 0 Å². The zero-order chi connectivity index (χ0) is 14.7. The number of aromatic nitrogens is 1. The van der Waals surface area contributed by atoms with E-state index in [0.717, 1.165) is 21.6 Å². The van der Waals surface area contributed by atoms with Gasteiger partial charge in [-0.05, 0) is 42.0 Å². The zero-order valence-electron chi connectivity index (χ0n) is 11.2. The highest BCUT2D eigenvalue weighted by molar-refractivity contribution is 7.98. The lowest BCUT2D eigenvalue weighted by atomic mass is 10.1. The minimum Gasteiger partial charge on any atom is -0.478 e. The molecule has 0 saturated carbocycles. The minimum atomic E-state index is -0.897. The number of benzene rings is 2. The number of rotatable bonds is 4. The second kappa shape index (κ2) is 5.97. The molecule has 0 bridgehead atoms. The highest BCUT2D eigenvalue weighted by Gasteiger charge is 2.04. The van der Waals surface area contributed by atoms with Gasteiger partial charge in [0.25, 0.3) is 0 Å². The van der Waals surface area contributed by atoms with E-state index in [1.54, 1.807) is 23.9 Å². The first-order valence-electron chi connectivity index (χ1n) is 6.53. The molecule has 0 aliphatic rings. The largest absolute Gasteiger partial charge is 0.478 e. The number of fused-ring (bicyclic) bond motifs is 1. The Morgan fingerprint density at radius 3 is 2.57 bits per heavy atom. The average molecular weight is 295 g/mol. The van der Waals surface area contributed by atoms with Gasteiger partial charge < -0.3 is 5.11 Å². The predicted octanol–water partition coefficient (Wildman–Crippen LogP) is 4.23. The van der Waals surface area contributed by atoms with Crippen LogP contribution in [-0.4, -0.2) is 16.1 Å². The molecule has 0 fully saturated rings. The molecule has 104 valence electrons. The number of carboxylic acid groups (broad SMARTS) is 1. The number of pyridine rings is 1. The van der Waals surface area contributed by atoms with E-state index in [-0.39, 0.29) is 0 Å². The lowest BCUT2D eigenvalue weighted by Gasteiger charge is -2.06. The van der Waals surface area contributed by atoms with Crippen molar-refractivity contribution in [2.45, 2.75) is 10.6 Å². The first-order chi connectivity index (χ1) is 10.2. The lowest BCUT2D eigenvalue weighted by Crippen LogP contribution is -1.94. The fourth-order valence-electron chi connectivity index (χ4n) is 2.14. The zero-order valence-corrected chi connectivity index (χ0v) is 12.0. The molecule has 21 heavy (non-hydrogen) atoms. The number of carbonyl (C=O) groups is 1. The van der Waals surface area contributed by atoms with Crippen molar-refractivity contribution >= 4 is 28.6 Å². The Balaban J connectivity index is 1.79. The van der Waals surface area contributed by atoms with Crippen molar-refractivity contribution in [3.05, 3.63) is 71.9 Å². The summed E-state index contributed by atoms with van der Waals surface area (Å²) < 4.78 is 0. The molecule has 0 aliphatic heterocycles. The summed E-state index contributed by atoms with van der Waals surface area (Å²) in [6.45, 7) is 0. The standard InChI is InChI=1S/C17H13NO2S/c19-17(20)12-5-7-14(8-6-12)21-11-13-9-10-18-16-4-2-1-3-15(13)16/h1-10H,11H2,(H,19,20). The van der Waals surface area contributed by atoms with E-state index < -0.39 is 5.97 Å². The molecule has 0 spiro atoms. The molecule has 1 heterocycles. The van der Waals surface area contributed by atoms with E-state index in [0.29, 0.717) is 5.56 Å². The van der Waals surface area contributed by atoms with Gasteiger partial charge in [0.1, 0.15) is 0 Å². The molecule has 0 radical (unpaired) electrons. The first kappa shape index (κ1) is 13.6. The molecule has 3 nitrogen and oxygen atoms in total. The number of hydrogen-bond donors (Lipinski definition) is 1. The number of carboxylic acids is 1. The van der Waals surface area contributed by atoms with Crippen LogP contribution in [0.2, 0.25) is 0 Å². The third-order valence-electron chi connectivity index (χ3n) is 3.23. The molecule has 0 atom stereocenters. The van der Waals surface area contributed by atoms with Crippen molar-refractivity contribution in [2.75, 3.05) is 0 Å². The summed E-state index contributed by atoms with van der Waals surface area (Å²) >= 11 is 1.69. The van der Waals surface area contributed by atoms with Crippen molar-refractivity contribution in [1.82, 2.24) is 4.98 Å². The monoisotopic (exact) mass is 295 g/mol. The average Bonchev–Trinajstić information content (AvgIpc) is 2.53. The van der Waals surface area contributed by atoms with Crippen LogP contribution in [0.1, 0.15) is 15.9 Å². The van der Waals surface area contributed by atoms with Gasteiger partial charge >= 0.3 is 5.97 Å². The Morgan fingerprint density at radius 2 is 1.81 bits per heavy atom. The van der Waals surface area contributed by atoms with Crippen LogP contribution in [-0.2, 0) is 5.75 Å². The van der Waals surface area contributed by atoms with Crippen molar-refractivity contribution in [3.8, 4) is 0 Å². The van der Waals surface area contributed by atoms with Gasteiger partial charge in [-0.15, -0.1) is 11.8 Å². The van der Waals surface area contributed by atoms with Crippen LogP contribution in [0.5, 0.6) is 0 Å². The lowest BCUT2D eigenvalue weighted by molar-refractivity contribution is 0.0697. The molecule has 3 rings (SSSR count). The second-order valence-electron chi connectivity index (χ2n) is 4.61. The van der Waals surface area contributed by atoms with Crippen LogP contribution in [0.4, 0.5) is 0 Å². The molecule has 0 amide bonds. The Morgan fingerprint density at radius 1 is 1.05 bits per heavy atom. The molecule has 0 saturated heterocycles. The maximum absolute atomic E-state index is 10.8. The predicted molar refractivity (Wildman–Crippen MR) is 84.7 cm³/mol. The summed E-state index contributed by atoms with van der Waals surface area (Å²) in [6.07, 6.45) is 1.83. The maximum Gasteiger partial charge on any atom is 0.335 e. The van der Waals surface area contributed by atoms with Crippen molar-refractivity contribution < 1.29 is 9.90 Å². The van der Waals surface area contributed by atoms with Gasteiger partial charge in [-0.2, -0.15) is 0 Å². The van der Waals surface area contributed by atoms with Gasteiger partial charge in [0, 0.05) is 22.2 Å². The van der Waals surface area contributed by atoms with Crippen LogP contribution in [0.25, 0.3) is 10.9 Å². The van der Waals surface area contributed by atoms with Crippen LogP contribution in [0.15, 0.2) is 65.7 Å². The van der Waals surface area contributed by atoms with E-state index >= 15 is 0 Å². The molecule has 1 N–H and O–H groups in total. The highest BCUT2D eigenvalue weighted by Crippen LogP contribution is 2.26. The van der Waals surface area contributed by atoms with E-state index in [1.807, 2.05) is 42.6 Å². The second-order valence-corrected chi connectivity index (χ2v) is 5.65. The highest BCUT2D eigenvalue weighted by atomic mass is 32.2. The summed E-state index contributed by atoms with van der Waals surface area (Å²) in [6, 6.07) is 17.1. The van der Waals surface area contributed by atoms with Crippen LogP contribution in [0, 0.1) is 0 Å². The SMILES string of the molecule is O=C(O)c1ccc(SCc2ccnc3ccccc23)cc1.